The molecular weight excluding hydrogens is 498 g/mol. The van der Waals surface area contributed by atoms with Crippen LogP contribution in [0.25, 0.3) is 5.70 Å². The summed E-state index contributed by atoms with van der Waals surface area (Å²) in [6, 6.07) is 10.6. The lowest BCUT2D eigenvalue weighted by Gasteiger charge is -2.44. The number of allylic oxidation sites excluding steroid dienone is 1. The van der Waals surface area contributed by atoms with E-state index in [1.54, 1.807) is 6.20 Å². The number of carbonyl (C=O) groups excluding carboxylic acids is 1. The number of piperazine rings is 1. The zero-order valence-corrected chi connectivity index (χ0v) is 24.5. The summed E-state index contributed by atoms with van der Waals surface area (Å²) in [6.45, 7) is 18.5. The van der Waals surface area contributed by atoms with Gasteiger partial charge in [-0.2, -0.15) is 0 Å². The zero-order valence-electron chi connectivity index (χ0n) is 24.5. The quantitative estimate of drug-likeness (QED) is 0.403. The Morgan fingerprint density at radius 3 is 2.42 bits per heavy atom. The van der Waals surface area contributed by atoms with Crippen LogP contribution in [0.15, 0.2) is 61.6 Å². The molecule has 1 amide bonds. The number of ether oxygens (including phenoxy) is 1. The largest absolute Gasteiger partial charge is 0.444 e. The number of carbonyl (C=O) groups is 1. The first-order valence-electron chi connectivity index (χ1n) is 14.9. The van der Waals surface area contributed by atoms with Gasteiger partial charge >= 0.3 is 6.09 Å². The van der Waals surface area contributed by atoms with Crippen molar-refractivity contribution in [1.29, 1.82) is 0 Å². The van der Waals surface area contributed by atoms with Crippen LogP contribution in [0.1, 0.15) is 76.5 Å². The molecule has 0 radical (unpaired) electrons. The summed E-state index contributed by atoms with van der Waals surface area (Å²) in [5, 5.41) is 3.59. The van der Waals surface area contributed by atoms with Crippen LogP contribution >= 0.6 is 0 Å². The van der Waals surface area contributed by atoms with Crippen LogP contribution in [0, 0.1) is 5.92 Å². The van der Waals surface area contributed by atoms with Gasteiger partial charge in [-0.1, -0.05) is 32.1 Å². The molecule has 1 saturated carbocycles. The Hall–Kier alpha value is -3.48. The number of pyridine rings is 1. The molecule has 1 atom stereocenters. The van der Waals surface area contributed by atoms with Crippen LogP contribution in [-0.4, -0.2) is 59.2 Å². The van der Waals surface area contributed by atoms with Gasteiger partial charge in [0.2, 0.25) is 0 Å². The summed E-state index contributed by atoms with van der Waals surface area (Å²) >= 11 is 0. The molecule has 7 nitrogen and oxygen atoms in total. The third kappa shape index (κ3) is 6.80. The van der Waals surface area contributed by atoms with Gasteiger partial charge in [0.25, 0.3) is 0 Å². The summed E-state index contributed by atoms with van der Waals surface area (Å²) in [4.78, 5) is 24.1. The van der Waals surface area contributed by atoms with Crippen LogP contribution in [-0.2, 0) is 4.74 Å². The van der Waals surface area contributed by atoms with Crippen LogP contribution in [0.5, 0.6) is 0 Å². The maximum Gasteiger partial charge on any atom is 0.410 e. The van der Waals surface area contributed by atoms with Crippen molar-refractivity contribution in [3.05, 3.63) is 72.7 Å². The highest BCUT2D eigenvalue weighted by atomic mass is 16.6. The minimum absolute atomic E-state index is 0.0769. The first kappa shape index (κ1) is 28.1. The number of rotatable bonds is 7. The van der Waals surface area contributed by atoms with E-state index >= 15 is 0 Å². The number of hydrogen-bond acceptors (Lipinski definition) is 6. The molecule has 5 rings (SSSR count). The molecule has 0 bridgehead atoms. The molecule has 7 heteroatoms. The first-order chi connectivity index (χ1) is 19.2. The Morgan fingerprint density at radius 2 is 1.77 bits per heavy atom. The standard InChI is InChI=1S/C33H45N5O2/c1-24(26-12-13-26)35-28-14-15-29(30(21-28)36-17-8-6-7-9-18-36)25(2)38-20-19-37(32(39)40-33(3,4)5)23-31(38)27-11-10-16-34-22-27/h10-11,14-16,21-22,26,31,35H,1-2,6-9,12-13,17-20,23H2,3-5H3. The zero-order chi connectivity index (χ0) is 28.3. The molecule has 0 spiro atoms. The third-order valence-electron chi connectivity index (χ3n) is 8.08. The maximum absolute atomic E-state index is 13.0. The Labute approximate surface area is 239 Å². The molecule has 2 aromatic rings. The molecule has 1 N–H and O–H groups in total. The van der Waals surface area contributed by atoms with E-state index in [2.05, 4.69) is 57.5 Å². The van der Waals surface area contributed by atoms with Gasteiger partial charge in [0, 0.05) is 73.4 Å². The highest BCUT2D eigenvalue weighted by molar-refractivity contribution is 5.79. The third-order valence-corrected chi connectivity index (χ3v) is 8.08. The molecule has 1 aliphatic carbocycles. The minimum atomic E-state index is -0.537. The van der Waals surface area contributed by atoms with E-state index in [-0.39, 0.29) is 12.1 Å². The van der Waals surface area contributed by atoms with Gasteiger partial charge in [-0.05, 0) is 82.2 Å². The Bertz CT molecular complexity index is 1210. The van der Waals surface area contributed by atoms with Crippen molar-refractivity contribution >= 4 is 23.2 Å². The predicted molar refractivity (Wildman–Crippen MR) is 163 cm³/mol. The minimum Gasteiger partial charge on any atom is -0.444 e. The molecule has 3 aliphatic rings. The molecule has 1 unspecified atom stereocenters. The van der Waals surface area contributed by atoms with E-state index in [4.69, 9.17) is 4.74 Å². The first-order valence-corrected chi connectivity index (χ1v) is 14.9. The molecule has 1 aromatic heterocycles. The second-order valence-corrected chi connectivity index (χ2v) is 12.4. The summed E-state index contributed by atoms with van der Waals surface area (Å²) < 4.78 is 5.73. The lowest BCUT2D eigenvalue weighted by Crippen LogP contribution is -2.50. The van der Waals surface area contributed by atoms with Gasteiger partial charge in [0.15, 0.2) is 0 Å². The Balaban J connectivity index is 1.45. The smallest absolute Gasteiger partial charge is 0.410 e. The summed E-state index contributed by atoms with van der Waals surface area (Å²) in [6.07, 6.45) is 10.8. The molecular formula is C33H45N5O2. The van der Waals surface area contributed by atoms with Crippen LogP contribution in [0.4, 0.5) is 16.2 Å². The van der Waals surface area contributed by atoms with Gasteiger partial charge in [0.1, 0.15) is 5.60 Å². The van der Waals surface area contributed by atoms with Crippen molar-refractivity contribution in [2.24, 2.45) is 5.92 Å². The van der Waals surface area contributed by atoms with Crippen LogP contribution in [0.3, 0.4) is 0 Å². The van der Waals surface area contributed by atoms with Crippen molar-refractivity contribution in [2.75, 3.05) is 42.9 Å². The van der Waals surface area contributed by atoms with Crippen molar-refractivity contribution in [1.82, 2.24) is 14.8 Å². The Kier molecular flexibility index (Phi) is 8.38. The van der Waals surface area contributed by atoms with Crippen LogP contribution in [0.2, 0.25) is 0 Å². The molecule has 2 saturated heterocycles. The van der Waals surface area contributed by atoms with Crippen molar-refractivity contribution in [3.63, 3.8) is 0 Å². The van der Waals surface area contributed by atoms with E-state index < -0.39 is 5.60 Å². The van der Waals surface area contributed by atoms with E-state index in [1.807, 2.05) is 37.9 Å². The fourth-order valence-electron chi connectivity index (χ4n) is 5.76. The van der Waals surface area contributed by atoms with Crippen molar-refractivity contribution in [3.8, 4) is 0 Å². The van der Waals surface area contributed by atoms with Crippen molar-refractivity contribution < 1.29 is 9.53 Å². The topological polar surface area (TPSA) is 60.9 Å². The molecule has 3 fully saturated rings. The van der Waals surface area contributed by atoms with E-state index in [0.717, 1.165) is 41.3 Å². The van der Waals surface area contributed by atoms with Crippen molar-refractivity contribution in [2.45, 2.75) is 70.9 Å². The number of anilines is 2. The number of amides is 1. The monoisotopic (exact) mass is 543 g/mol. The molecule has 40 heavy (non-hydrogen) atoms. The second-order valence-electron chi connectivity index (χ2n) is 12.4. The average Bonchev–Trinajstić information content (AvgIpc) is 3.80. The van der Waals surface area contributed by atoms with E-state index in [0.29, 0.717) is 25.6 Å². The summed E-state index contributed by atoms with van der Waals surface area (Å²) in [7, 11) is 0. The number of nitrogens with zero attached hydrogens (tertiary/aromatic N) is 4. The lowest BCUT2D eigenvalue weighted by atomic mass is 10.00. The van der Waals surface area contributed by atoms with E-state index in [1.165, 1.54) is 44.2 Å². The molecule has 3 heterocycles. The highest BCUT2D eigenvalue weighted by Crippen LogP contribution is 2.40. The number of benzene rings is 1. The maximum atomic E-state index is 13.0. The second kappa shape index (κ2) is 11.9. The van der Waals surface area contributed by atoms with Gasteiger partial charge in [-0.25, -0.2) is 4.79 Å². The molecule has 214 valence electrons. The fourth-order valence-corrected chi connectivity index (χ4v) is 5.76. The average molecular weight is 544 g/mol. The number of nitrogens with one attached hydrogen (secondary N) is 1. The molecule has 1 aromatic carbocycles. The normalized spacial score (nSPS) is 20.1. The van der Waals surface area contributed by atoms with E-state index in [9.17, 15) is 4.79 Å². The molecule has 2 aliphatic heterocycles. The summed E-state index contributed by atoms with van der Waals surface area (Å²) in [5.74, 6) is 0.595. The fraction of sp³-hybridized carbons (Fsp3) is 0.515. The van der Waals surface area contributed by atoms with Gasteiger partial charge in [-0.3, -0.25) is 4.98 Å². The predicted octanol–water partition coefficient (Wildman–Crippen LogP) is 7.06. The van der Waals surface area contributed by atoms with Gasteiger partial charge in [-0.15, -0.1) is 0 Å². The van der Waals surface area contributed by atoms with Gasteiger partial charge < -0.3 is 24.8 Å². The number of hydrogen-bond donors (Lipinski definition) is 1. The lowest BCUT2D eigenvalue weighted by molar-refractivity contribution is 0.0110. The van der Waals surface area contributed by atoms with Crippen LogP contribution < -0.4 is 10.2 Å². The summed E-state index contributed by atoms with van der Waals surface area (Å²) in [5.41, 5.74) is 6.07. The number of aromatic nitrogens is 1. The highest BCUT2D eigenvalue weighted by Gasteiger charge is 2.35. The van der Waals surface area contributed by atoms with Gasteiger partial charge in [0.05, 0.1) is 6.04 Å². The Morgan fingerprint density at radius 1 is 1.02 bits per heavy atom. The SMILES string of the molecule is C=C(Nc1ccc(C(=C)N2CCN(C(=O)OC(C)(C)C)CC2c2cccnc2)c(N2CCCCCC2)c1)C1CC1.